The molecule has 1 atom stereocenters. The Morgan fingerprint density at radius 2 is 2.20 bits per heavy atom. The van der Waals surface area contributed by atoms with Crippen molar-refractivity contribution in [1.82, 2.24) is 4.98 Å². The van der Waals surface area contributed by atoms with Crippen molar-refractivity contribution >= 4 is 17.3 Å². The number of nitrogens with zero attached hydrogens (tertiary/aromatic N) is 1. The lowest BCUT2D eigenvalue weighted by Crippen LogP contribution is -2.32. The molecule has 0 aliphatic heterocycles. The van der Waals surface area contributed by atoms with Gasteiger partial charge in [-0.15, -0.1) is 0 Å². The second kappa shape index (κ2) is 4.81. The highest BCUT2D eigenvalue weighted by Crippen LogP contribution is 2.22. The van der Waals surface area contributed by atoms with Crippen LogP contribution in [-0.4, -0.2) is 22.7 Å². The van der Waals surface area contributed by atoms with Gasteiger partial charge in [-0.2, -0.15) is 0 Å². The lowest BCUT2D eigenvalue weighted by atomic mass is 9.89. The number of halogens is 1. The van der Waals surface area contributed by atoms with Crippen molar-refractivity contribution in [2.45, 2.75) is 26.9 Å². The summed E-state index contributed by atoms with van der Waals surface area (Å²) in [5.41, 5.74) is 0.668. The van der Waals surface area contributed by atoms with Crippen molar-refractivity contribution in [3.63, 3.8) is 0 Å². The van der Waals surface area contributed by atoms with Gasteiger partial charge in [0, 0.05) is 18.9 Å². The van der Waals surface area contributed by atoms with E-state index in [4.69, 9.17) is 11.6 Å². The van der Waals surface area contributed by atoms with Gasteiger partial charge in [0.05, 0.1) is 16.8 Å². The smallest absolute Gasteiger partial charge is 0.0820 e. The van der Waals surface area contributed by atoms with Crippen LogP contribution in [-0.2, 0) is 0 Å². The van der Waals surface area contributed by atoms with Crippen LogP contribution in [0.25, 0.3) is 0 Å². The summed E-state index contributed by atoms with van der Waals surface area (Å²) in [6.07, 6.45) is 2.83. The molecular weight excluding hydrogens is 212 g/mol. The van der Waals surface area contributed by atoms with Crippen molar-refractivity contribution in [2.24, 2.45) is 5.41 Å². The third-order valence-corrected chi connectivity index (χ3v) is 2.56. The molecule has 15 heavy (non-hydrogen) atoms. The highest BCUT2D eigenvalue weighted by Gasteiger charge is 2.21. The molecule has 0 aromatic carbocycles. The van der Waals surface area contributed by atoms with Gasteiger partial charge in [0.2, 0.25) is 0 Å². The van der Waals surface area contributed by atoms with E-state index in [9.17, 15) is 5.11 Å². The van der Waals surface area contributed by atoms with Crippen molar-refractivity contribution < 1.29 is 5.11 Å². The van der Waals surface area contributed by atoms with Crippen LogP contribution < -0.4 is 5.32 Å². The molecule has 0 radical (unpaired) electrons. The number of nitrogens with one attached hydrogen (secondary N) is 1. The fourth-order valence-corrected chi connectivity index (χ4v) is 1.22. The highest BCUT2D eigenvalue weighted by atomic mass is 35.5. The number of rotatable bonds is 3. The molecule has 1 aromatic heterocycles. The average molecular weight is 229 g/mol. The number of aliphatic hydroxyl groups is 1. The number of hydrogen-bond donors (Lipinski definition) is 2. The first-order chi connectivity index (χ1) is 6.91. The molecule has 3 nitrogen and oxygen atoms in total. The van der Waals surface area contributed by atoms with E-state index < -0.39 is 6.10 Å². The van der Waals surface area contributed by atoms with Crippen LogP contribution in [0.5, 0.6) is 0 Å². The topological polar surface area (TPSA) is 45.1 Å². The molecule has 1 unspecified atom stereocenters. The third kappa shape index (κ3) is 3.68. The Kier molecular flexibility index (Phi) is 3.94. The zero-order chi connectivity index (χ0) is 11.5. The van der Waals surface area contributed by atoms with Gasteiger partial charge < -0.3 is 10.4 Å². The number of pyridine rings is 1. The molecule has 0 bridgehead atoms. The minimum absolute atomic E-state index is 0.132. The van der Waals surface area contributed by atoms with E-state index in [0.717, 1.165) is 5.69 Å². The van der Waals surface area contributed by atoms with Crippen LogP contribution in [0.1, 0.15) is 20.8 Å². The number of aliphatic hydroxyl groups excluding tert-OH is 1. The predicted molar refractivity (Wildman–Crippen MR) is 63.2 cm³/mol. The molecule has 1 rings (SSSR count). The number of anilines is 1. The minimum Gasteiger partial charge on any atom is -0.391 e. The van der Waals surface area contributed by atoms with E-state index in [-0.39, 0.29) is 5.41 Å². The fourth-order valence-electron chi connectivity index (χ4n) is 1.03. The molecule has 0 aliphatic carbocycles. The normalized spacial score (nSPS) is 13.7. The van der Waals surface area contributed by atoms with Gasteiger partial charge >= 0.3 is 0 Å². The van der Waals surface area contributed by atoms with E-state index in [1.165, 1.54) is 0 Å². The molecule has 0 amide bonds. The maximum absolute atomic E-state index is 9.82. The zero-order valence-electron chi connectivity index (χ0n) is 9.29. The van der Waals surface area contributed by atoms with Gasteiger partial charge in [-0.3, -0.25) is 4.98 Å². The van der Waals surface area contributed by atoms with Crippen LogP contribution in [0, 0.1) is 5.41 Å². The maximum Gasteiger partial charge on any atom is 0.0820 e. The van der Waals surface area contributed by atoms with E-state index in [2.05, 4.69) is 10.3 Å². The molecule has 1 heterocycles. The molecule has 84 valence electrons. The second-order valence-electron chi connectivity index (χ2n) is 4.62. The predicted octanol–water partition coefficient (Wildman–Crippen LogP) is 2.55. The molecule has 0 aliphatic rings. The molecule has 1 aromatic rings. The molecule has 0 spiro atoms. The summed E-state index contributed by atoms with van der Waals surface area (Å²) < 4.78 is 0. The maximum atomic E-state index is 9.82. The summed E-state index contributed by atoms with van der Waals surface area (Å²) in [6, 6.07) is 1.79. The Balaban J connectivity index is 2.55. The van der Waals surface area contributed by atoms with Gasteiger partial charge in [0.15, 0.2) is 0 Å². The van der Waals surface area contributed by atoms with Crippen LogP contribution >= 0.6 is 11.6 Å². The molecule has 0 saturated heterocycles. The summed E-state index contributed by atoms with van der Waals surface area (Å²) in [5, 5.41) is 13.5. The van der Waals surface area contributed by atoms with E-state index >= 15 is 0 Å². The first-order valence-electron chi connectivity index (χ1n) is 4.92. The Morgan fingerprint density at radius 3 is 2.73 bits per heavy atom. The molecule has 0 fully saturated rings. The van der Waals surface area contributed by atoms with Gasteiger partial charge in [-0.25, -0.2) is 0 Å². The lowest BCUT2D eigenvalue weighted by Gasteiger charge is -2.26. The van der Waals surface area contributed by atoms with Crippen molar-refractivity contribution in [1.29, 1.82) is 0 Å². The lowest BCUT2D eigenvalue weighted by molar-refractivity contribution is 0.0746. The van der Waals surface area contributed by atoms with Crippen molar-refractivity contribution in [3.8, 4) is 0 Å². The summed E-state index contributed by atoms with van der Waals surface area (Å²) in [6.45, 7) is 6.46. The standard InChI is InChI=1S/C11H17ClN2O/c1-11(2,3)10(15)7-14-9-4-5-13-6-8(9)12/h4-6,10,15H,7H2,1-3H3,(H,13,14). The first-order valence-corrected chi connectivity index (χ1v) is 5.30. The van der Waals surface area contributed by atoms with E-state index in [1.54, 1.807) is 18.5 Å². The third-order valence-electron chi connectivity index (χ3n) is 2.26. The molecule has 0 saturated carbocycles. The van der Waals surface area contributed by atoms with Gasteiger partial charge in [-0.05, 0) is 11.5 Å². The SMILES string of the molecule is CC(C)(C)C(O)CNc1ccncc1Cl. The van der Waals surface area contributed by atoms with E-state index in [1.807, 2.05) is 20.8 Å². The number of hydrogen-bond acceptors (Lipinski definition) is 3. The van der Waals surface area contributed by atoms with Crippen molar-refractivity contribution in [2.75, 3.05) is 11.9 Å². The molecule has 4 heteroatoms. The Hall–Kier alpha value is -0.800. The van der Waals surface area contributed by atoms with Gasteiger partial charge in [0.1, 0.15) is 0 Å². The minimum atomic E-state index is -0.415. The van der Waals surface area contributed by atoms with Crippen LogP contribution in [0.15, 0.2) is 18.5 Å². The number of aromatic nitrogens is 1. The molecule has 2 N–H and O–H groups in total. The highest BCUT2D eigenvalue weighted by molar-refractivity contribution is 6.33. The summed E-state index contributed by atoms with van der Waals surface area (Å²) >= 11 is 5.92. The molecular formula is C11H17ClN2O. The monoisotopic (exact) mass is 228 g/mol. The Bertz CT molecular complexity index is 323. The second-order valence-corrected chi connectivity index (χ2v) is 5.03. The van der Waals surface area contributed by atoms with Gasteiger partial charge in [0.25, 0.3) is 0 Å². The fraction of sp³-hybridized carbons (Fsp3) is 0.545. The quantitative estimate of drug-likeness (QED) is 0.836. The average Bonchev–Trinajstić information content (AvgIpc) is 2.14. The zero-order valence-corrected chi connectivity index (χ0v) is 10.0. The Morgan fingerprint density at radius 1 is 1.53 bits per heavy atom. The van der Waals surface area contributed by atoms with Crippen LogP contribution in [0.4, 0.5) is 5.69 Å². The van der Waals surface area contributed by atoms with E-state index in [0.29, 0.717) is 11.6 Å². The van der Waals surface area contributed by atoms with Crippen LogP contribution in [0.3, 0.4) is 0 Å². The summed E-state index contributed by atoms with van der Waals surface area (Å²) in [4.78, 5) is 3.89. The van der Waals surface area contributed by atoms with Crippen LogP contribution in [0.2, 0.25) is 5.02 Å². The Labute approximate surface area is 95.5 Å². The largest absolute Gasteiger partial charge is 0.391 e. The summed E-state index contributed by atoms with van der Waals surface area (Å²) in [7, 11) is 0. The van der Waals surface area contributed by atoms with Gasteiger partial charge in [-0.1, -0.05) is 32.4 Å². The van der Waals surface area contributed by atoms with Crippen molar-refractivity contribution in [3.05, 3.63) is 23.5 Å². The first kappa shape index (κ1) is 12.3. The summed E-state index contributed by atoms with van der Waals surface area (Å²) in [5.74, 6) is 0.